The monoisotopic (exact) mass is 372 g/mol. The molecule has 0 fully saturated rings. The molecule has 0 aliphatic heterocycles. The van der Waals surface area contributed by atoms with Gasteiger partial charge in [0.05, 0.1) is 12.5 Å². The van der Waals surface area contributed by atoms with E-state index in [1.54, 1.807) is 72.8 Å². The quantitative estimate of drug-likeness (QED) is 0.384. The summed E-state index contributed by atoms with van der Waals surface area (Å²) >= 11 is 0. The molecule has 4 aromatic rings. The van der Waals surface area contributed by atoms with Gasteiger partial charge in [-0.25, -0.2) is 9.59 Å². The molecule has 28 heavy (non-hydrogen) atoms. The van der Waals surface area contributed by atoms with Crippen LogP contribution in [0.4, 0.5) is 0 Å². The van der Waals surface area contributed by atoms with Gasteiger partial charge in [0.15, 0.2) is 5.75 Å². The van der Waals surface area contributed by atoms with E-state index in [4.69, 9.17) is 13.9 Å². The summed E-state index contributed by atoms with van der Waals surface area (Å²) in [6.07, 6.45) is 0. The second kappa shape index (κ2) is 7.40. The first-order chi connectivity index (χ1) is 13.7. The Kier molecular flexibility index (Phi) is 4.64. The molecule has 0 unspecified atom stereocenters. The van der Waals surface area contributed by atoms with E-state index in [2.05, 4.69) is 0 Å². The van der Waals surface area contributed by atoms with Gasteiger partial charge >= 0.3 is 11.6 Å². The molecule has 0 amide bonds. The van der Waals surface area contributed by atoms with Crippen molar-refractivity contribution in [3.05, 3.63) is 94.8 Å². The molecule has 4 rings (SSSR count). The maximum absolute atomic E-state index is 12.9. The fraction of sp³-hybridized carbons (Fsp3) is 0.0435. The number of benzene rings is 3. The van der Waals surface area contributed by atoms with Crippen LogP contribution in [0.1, 0.15) is 10.4 Å². The predicted molar refractivity (Wildman–Crippen MR) is 106 cm³/mol. The summed E-state index contributed by atoms with van der Waals surface area (Å²) in [5, 5.41) is 0.532. The summed E-state index contributed by atoms with van der Waals surface area (Å²) < 4.78 is 16.4. The van der Waals surface area contributed by atoms with Crippen LogP contribution in [-0.2, 0) is 0 Å². The predicted octanol–water partition coefficient (Wildman–Crippen LogP) is 4.69. The highest BCUT2D eigenvalue weighted by Crippen LogP contribution is 2.35. The van der Waals surface area contributed by atoms with Gasteiger partial charge in [-0.15, -0.1) is 0 Å². The summed E-state index contributed by atoms with van der Waals surface area (Å²) in [6, 6.07) is 22.7. The molecule has 5 heteroatoms. The SMILES string of the molecule is COc1ccccc1C(=O)Oc1c(-c2ccccc2)c(=O)oc2ccccc12. The summed E-state index contributed by atoms with van der Waals surface area (Å²) in [7, 11) is 1.48. The molecule has 0 saturated carbocycles. The summed E-state index contributed by atoms with van der Waals surface area (Å²) in [5.74, 6) is -0.0691. The molecule has 1 aromatic heterocycles. The van der Waals surface area contributed by atoms with Crippen molar-refractivity contribution in [2.75, 3.05) is 7.11 Å². The maximum Gasteiger partial charge on any atom is 0.348 e. The molecule has 138 valence electrons. The Morgan fingerprint density at radius 2 is 1.54 bits per heavy atom. The van der Waals surface area contributed by atoms with E-state index in [0.717, 1.165) is 0 Å². The van der Waals surface area contributed by atoms with E-state index in [0.29, 0.717) is 22.3 Å². The lowest BCUT2D eigenvalue weighted by Gasteiger charge is -2.13. The van der Waals surface area contributed by atoms with Crippen LogP contribution in [0.5, 0.6) is 11.5 Å². The Bertz CT molecular complexity index is 1210. The summed E-state index contributed by atoms with van der Waals surface area (Å²) in [6.45, 7) is 0. The van der Waals surface area contributed by atoms with Crippen LogP contribution in [-0.4, -0.2) is 13.1 Å². The average Bonchev–Trinajstić information content (AvgIpc) is 2.74. The van der Waals surface area contributed by atoms with Gasteiger partial charge in [0.2, 0.25) is 0 Å². The number of fused-ring (bicyclic) bond motifs is 1. The van der Waals surface area contributed by atoms with Crippen molar-refractivity contribution < 1.29 is 18.7 Å². The second-order valence-electron chi connectivity index (χ2n) is 6.05. The van der Waals surface area contributed by atoms with E-state index in [9.17, 15) is 9.59 Å². The topological polar surface area (TPSA) is 65.7 Å². The van der Waals surface area contributed by atoms with Gasteiger partial charge in [-0.3, -0.25) is 0 Å². The molecule has 0 aliphatic rings. The highest BCUT2D eigenvalue weighted by atomic mass is 16.5. The molecule has 0 N–H and O–H groups in total. The van der Waals surface area contributed by atoms with E-state index in [-0.39, 0.29) is 16.9 Å². The molecular formula is C23H16O5. The van der Waals surface area contributed by atoms with Gasteiger partial charge in [-0.2, -0.15) is 0 Å². The minimum atomic E-state index is -0.620. The van der Waals surface area contributed by atoms with Crippen LogP contribution in [0.15, 0.2) is 88.1 Å². The zero-order valence-electron chi connectivity index (χ0n) is 15.0. The molecule has 3 aromatic carbocycles. The Morgan fingerprint density at radius 3 is 2.32 bits per heavy atom. The van der Waals surface area contributed by atoms with Gasteiger partial charge < -0.3 is 13.9 Å². The molecular weight excluding hydrogens is 356 g/mol. The van der Waals surface area contributed by atoms with Crippen molar-refractivity contribution in [3.63, 3.8) is 0 Å². The van der Waals surface area contributed by atoms with Crippen LogP contribution in [0.3, 0.4) is 0 Å². The number of carbonyl (C=O) groups excluding carboxylic acids is 1. The van der Waals surface area contributed by atoms with Gasteiger partial charge in [0, 0.05) is 0 Å². The van der Waals surface area contributed by atoms with Gasteiger partial charge in [0.25, 0.3) is 0 Å². The standard InChI is InChI=1S/C23H16O5/c1-26-18-13-7-6-12-17(18)22(24)28-21-16-11-5-8-14-19(16)27-23(25)20(21)15-9-3-2-4-10-15/h2-14H,1H3. The first-order valence-corrected chi connectivity index (χ1v) is 8.65. The van der Waals surface area contributed by atoms with Crippen molar-refractivity contribution in [1.29, 1.82) is 0 Å². The fourth-order valence-corrected chi connectivity index (χ4v) is 3.04. The first-order valence-electron chi connectivity index (χ1n) is 8.65. The number of para-hydroxylation sites is 2. The Morgan fingerprint density at radius 1 is 0.857 bits per heavy atom. The Hall–Kier alpha value is -3.86. The normalized spacial score (nSPS) is 10.6. The van der Waals surface area contributed by atoms with Crippen molar-refractivity contribution in [3.8, 4) is 22.6 Å². The third-order valence-electron chi connectivity index (χ3n) is 4.35. The zero-order chi connectivity index (χ0) is 19.5. The van der Waals surface area contributed by atoms with Crippen LogP contribution >= 0.6 is 0 Å². The van der Waals surface area contributed by atoms with Crippen LogP contribution in [0.2, 0.25) is 0 Å². The lowest BCUT2D eigenvalue weighted by Crippen LogP contribution is -2.14. The number of hydrogen-bond donors (Lipinski definition) is 0. The summed E-state index contributed by atoms with van der Waals surface area (Å²) in [4.78, 5) is 25.6. The molecule has 0 bridgehead atoms. The average molecular weight is 372 g/mol. The van der Waals surface area contributed by atoms with Crippen LogP contribution < -0.4 is 15.1 Å². The van der Waals surface area contributed by atoms with E-state index in [1.165, 1.54) is 7.11 Å². The van der Waals surface area contributed by atoms with Crippen molar-refractivity contribution >= 4 is 16.9 Å². The minimum absolute atomic E-state index is 0.161. The van der Waals surface area contributed by atoms with E-state index in [1.807, 2.05) is 6.07 Å². The molecule has 1 heterocycles. The molecule has 0 atom stereocenters. The molecule has 0 spiro atoms. The van der Waals surface area contributed by atoms with Crippen molar-refractivity contribution in [2.45, 2.75) is 0 Å². The summed E-state index contributed by atoms with van der Waals surface area (Å²) in [5.41, 5.74) is 0.830. The van der Waals surface area contributed by atoms with Crippen molar-refractivity contribution in [1.82, 2.24) is 0 Å². The molecule has 0 aliphatic carbocycles. The van der Waals surface area contributed by atoms with Gasteiger partial charge in [0.1, 0.15) is 22.5 Å². The smallest absolute Gasteiger partial charge is 0.348 e. The largest absolute Gasteiger partial charge is 0.496 e. The number of ether oxygens (including phenoxy) is 2. The fourth-order valence-electron chi connectivity index (χ4n) is 3.04. The Labute approximate surface area is 160 Å². The van der Waals surface area contributed by atoms with E-state index < -0.39 is 11.6 Å². The maximum atomic E-state index is 12.9. The van der Waals surface area contributed by atoms with Gasteiger partial charge in [-0.05, 0) is 29.8 Å². The minimum Gasteiger partial charge on any atom is -0.496 e. The van der Waals surface area contributed by atoms with Crippen molar-refractivity contribution in [2.24, 2.45) is 0 Å². The number of carbonyl (C=O) groups is 1. The molecule has 0 saturated heterocycles. The number of rotatable bonds is 4. The third-order valence-corrected chi connectivity index (χ3v) is 4.35. The lowest BCUT2D eigenvalue weighted by atomic mass is 10.0. The number of methoxy groups -OCH3 is 1. The van der Waals surface area contributed by atoms with Crippen LogP contribution in [0.25, 0.3) is 22.1 Å². The van der Waals surface area contributed by atoms with Crippen LogP contribution in [0, 0.1) is 0 Å². The lowest BCUT2D eigenvalue weighted by molar-refractivity contribution is 0.0734. The zero-order valence-corrected chi connectivity index (χ0v) is 15.0. The second-order valence-corrected chi connectivity index (χ2v) is 6.05. The Balaban J connectivity index is 1.92. The highest BCUT2D eigenvalue weighted by Gasteiger charge is 2.22. The number of esters is 1. The van der Waals surface area contributed by atoms with Gasteiger partial charge in [-0.1, -0.05) is 54.6 Å². The third kappa shape index (κ3) is 3.14. The molecule has 0 radical (unpaired) electrons. The number of hydrogen-bond acceptors (Lipinski definition) is 5. The first kappa shape index (κ1) is 17.5. The molecule has 5 nitrogen and oxygen atoms in total. The van der Waals surface area contributed by atoms with E-state index >= 15 is 0 Å². The highest BCUT2D eigenvalue weighted by molar-refractivity contribution is 5.99.